The van der Waals surface area contributed by atoms with Crippen LogP contribution in [0.3, 0.4) is 0 Å². The minimum Gasteiger partial charge on any atom is -0.467 e. The van der Waals surface area contributed by atoms with Gasteiger partial charge in [0.05, 0.1) is 19.4 Å². The van der Waals surface area contributed by atoms with Gasteiger partial charge in [-0.15, -0.1) is 0 Å². The number of nitrogens with zero attached hydrogens (tertiary/aromatic N) is 5. The number of aromatic nitrogens is 3. The van der Waals surface area contributed by atoms with Crippen LogP contribution in [-0.4, -0.2) is 46.0 Å². The van der Waals surface area contributed by atoms with Crippen molar-refractivity contribution in [1.82, 2.24) is 19.9 Å². The highest BCUT2D eigenvalue weighted by molar-refractivity contribution is 6.30. The first-order valence-electron chi connectivity index (χ1n) is 9.15. The molecule has 2 aromatic heterocycles. The van der Waals surface area contributed by atoms with E-state index in [2.05, 4.69) is 42.2 Å². The van der Waals surface area contributed by atoms with Crippen LogP contribution >= 0.6 is 11.6 Å². The molecule has 9 heteroatoms. The molecule has 3 aromatic rings. The van der Waals surface area contributed by atoms with Gasteiger partial charge in [-0.1, -0.05) is 11.6 Å². The van der Waals surface area contributed by atoms with Crippen LogP contribution in [0.1, 0.15) is 11.6 Å². The van der Waals surface area contributed by atoms with Gasteiger partial charge in [0.15, 0.2) is 0 Å². The number of benzene rings is 1. The first-order chi connectivity index (χ1) is 13.7. The van der Waals surface area contributed by atoms with E-state index in [0.717, 1.165) is 37.0 Å². The van der Waals surface area contributed by atoms with Crippen LogP contribution in [-0.2, 0) is 13.1 Å². The average Bonchev–Trinajstić information content (AvgIpc) is 3.21. The monoisotopic (exact) mass is 399 g/mol. The third kappa shape index (κ3) is 4.71. The van der Waals surface area contributed by atoms with Crippen LogP contribution in [0.4, 0.5) is 17.6 Å². The third-order valence-electron chi connectivity index (χ3n) is 4.63. The van der Waals surface area contributed by atoms with Crippen molar-refractivity contribution in [2.24, 2.45) is 0 Å². The molecule has 0 atom stereocenters. The first kappa shape index (κ1) is 18.5. The number of nitrogens with one attached hydrogen (secondary N) is 1. The van der Waals surface area contributed by atoms with Gasteiger partial charge in [0.25, 0.3) is 0 Å². The first-order valence-corrected chi connectivity index (χ1v) is 9.53. The summed E-state index contributed by atoms with van der Waals surface area (Å²) in [4.78, 5) is 17.6. The lowest BCUT2D eigenvalue weighted by Crippen LogP contribution is -2.46. The Bertz CT molecular complexity index is 893. The SMILES string of the molecule is Nc1nc(CN2CCN(c3ccc(Cl)cc3)CC2)nc(NCc2ccco2)n1. The van der Waals surface area contributed by atoms with E-state index in [9.17, 15) is 0 Å². The summed E-state index contributed by atoms with van der Waals surface area (Å²) in [6, 6.07) is 11.7. The number of nitrogen functional groups attached to an aromatic ring is 1. The quantitative estimate of drug-likeness (QED) is 0.653. The number of hydrogen-bond acceptors (Lipinski definition) is 8. The zero-order valence-electron chi connectivity index (χ0n) is 15.4. The molecule has 3 N–H and O–H groups in total. The van der Waals surface area contributed by atoms with Crippen LogP contribution in [0.2, 0.25) is 5.02 Å². The van der Waals surface area contributed by atoms with Gasteiger partial charge < -0.3 is 20.4 Å². The Labute approximate surface area is 168 Å². The number of furan rings is 1. The molecule has 8 nitrogen and oxygen atoms in total. The molecule has 146 valence electrons. The predicted molar refractivity (Wildman–Crippen MR) is 109 cm³/mol. The van der Waals surface area contributed by atoms with E-state index in [0.29, 0.717) is 24.9 Å². The standard InChI is InChI=1S/C19H22ClN7O/c20-14-3-5-15(6-4-14)27-9-7-26(8-10-27)13-17-23-18(21)25-19(24-17)22-12-16-2-1-11-28-16/h1-6,11H,7-10,12-13H2,(H3,21,22,23,24,25). The molecule has 28 heavy (non-hydrogen) atoms. The van der Waals surface area contributed by atoms with Crippen LogP contribution < -0.4 is 16.0 Å². The summed E-state index contributed by atoms with van der Waals surface area (Å²) in [5.74, 6) is 2.14. The van der Waals surface area contributed by atoms with Gasteiger partial charge in [-0.3, -0.25) is 4.90 Å². The molecule has 0 radical (unpaired) electrons. The summed E-state index contributed by atoms with van der Waals surface area (Å²) in [5, 5.41) is 3.88. The maximum atomic E-state index is 5.97. The van der Waals surface area contributed by atoms with Crippen molar-refractivity contribution in [2.75, 3.05) is 42.1 Å². The summed E-state index contributed by atoms with van der Waals surface area (Å²) in [6.45, 7) is 4.84. The average molecular weight is 400 g/mol. The Morgan fingerprint density at radius 1 is 1.04 bits per heavy atom. The highest BCUT2D eigenvalue weighted by Gasteiger charge is 2.19. The minimum atomic E-state index is 0.215. The maximum Gasteiger partial charge on any atom is 0.228 e. The second kappa shape index (κ2) is 8.45. The van der Waals surface area contributed by atoms with E-state index >= 15 is 0 Å². The fourth-order valence-electron chi connectivity index (χ4n) is 3.18. The van der Waals surface area contributed by atoms with Gasteiger partial charge in [-0.05, 0) is 36.4 Å². The predicted octanol–water partition coefficient (Wildman–Crippen LogP) is 2.63. The maximum absolute atomic E-state index is 5.97. The van der Waals surface area contributed by atoms with Crippen LogP contribution in [0.25, 0.3) is 0 Å². The molecule has 1 aliphatic rings. The highest BCUT2D eigenvalue weighted by Crippen LogP contribution is 2.20. The van der Waals surface area contributed by atoms with Gasteiger partial charge in [-0.2, -0.15) is 15.0 Å². The zero-order valence-corrected chi connectivity index (χ0v) is 16.1. The Hall–Kier alpha value is -2.84. The summed E-state index contributed by atoms with van der Waals surface area (Å²) < 4.78 is 5.31. The number of halogens is 1. The van der Waals surface area contributed by atoms with Crippen molar-refractivity contribution < 1.29 is 4.42 Å². The molecule has 1 saturated heterocycles. The Morgan fingerprint density at radius 2 is 1.82 bits per heavy atom. The topological polar surface area (TPSA) is 96.3 Å². The van der Waals surface area contributed by atoms with E-state index in [1.54, 1.807) is 6.26 Å². The van der Waals surface area contributed by atoms with E-state index in [1.165, 1.54) is 5.69 Å². The number of hydrogen-bond donors (Lipinski definition) is 2. The molecule has 0 amide bonds. The molecule has 0 aliphatic carbocycles. The van der Waals surface area contributed by atoms with Gasteiger partial charge in [0.2, 0.25) is 11.9 Å². The minimum absolute atomic E-state index is 0.215. The smallest absolute Gasteiger partial charge is 0.228 e. The second-order valence-electron chi connectivity index (χ2n) is 6.61. The van der Waals surface area contributed by atoms with Crippen LogP contribution in [0.5, 0.6) is 0 Å². The zero-order chi connectivity index (χ0) is 19.3. The number of anilines is 3. The van der Waals surface area contributed by atoms with Crippen molar-refractivity contribution in [3.05, 3.63) is 59.3 Å². The molecule has 3 heterocycles. The van der Waals surface area contributed by atoms with E-state index < -0.39 is 0 Å². The van der Waals surface area contributed by atoms with Crippen molar-refractivity contribution >= 4 is 29.2 Å². The van der Waals surface area contributed by atoms with E-state index in [-0.39, 0.29) is 5.95 Å². The largest absolute Gasteiger partial charge is 0.467 e. The molecule has 1 aromatic carbocycles. The molecule has 4 rings (SSSR count). The number of nitrogens with two attached hydrogens (primary N) is 1. The van der Waals surface area contributed by atoms with Crippen LogP contribution in [0.15, 0.2) is 47.1 Å². The van der Waals surface area contributed by atoms with Crippen molar-refractivity contribution in [3.63, 3.8) is 0 Å². The third-order valence-corrected chi connectivity index (χ3v) is 4.88. The summed E-state index contributed by atoms with van der Waals surface area (Å²) in [6.07, 6.45) is 1.63. The van der Waals surface area contributed by atoms with Gasteiger partial charge in [0, 0.05) is 36.9 Å². The number of piperazine rings is 1. The summed E-state index contributed by atoms with van der Waals surface area (Å²) >= 11 is 5.97. The van der Waals surface area contributed by atoms with Crippen molar-refractivity contribution in [1.29, 1.82) is 0 Å². The number of rotatable bonds is 6. The van der Waals surface area contributed by atoms with Gasteiger partial charge in [0.1, 0.15) is 11.6 Å². The molecule has 0 bridgehead atoms. The van der Waals surface area contributed by atoms with Crippen molar-refractivity contribution in [3.8, 4) is 0 Å². The van der Waals surface area contributed by atoms with Gasteiger partial charge >= 0.3 is 0 Å². The Balaban J connectivity index is 1.33. The molecular weight excluding hydrogens is 378 g/mol. The Kier molecular flexibility index (Phi) is 5.59. The molecule has 1 aliphatic heterocycles. The molecule has 0 saturated carbocycles. The summed E-state index contributed by atoms with van der Waals surface area (Å²) in [7, 11) is 0. The summed E-state index contributed by atoms with van der Waals surface area (Å²) in [5.41, 5.74) is 7.05. The second-order valence-corrected chi connectivity index (χ2v) is 7.04. The lowest BCUT2D eigenvalue weighted by molar-refractivity contribution is 0.244. The molecule has 1 fully saturated rings. The highest BCUT2D eigenvalue weighted by atomic mass is 35.5. The van der Waals surface area contributed by atoms with Crippen molar-refractivity contribution in [2.45, 2.75) is 13.1 Å². The lowest BCUT2D eigenvalue weighted by Gasteiger charge is -2.35. The lowest BCUT2D eigenvalue weighted by atomic mass is 10.2. The normalized spacial score (nSPS) is 15.0. The van der Waals surface area contributed by atoms with E-state index in [1.807, 2.05) is 24.3 Å². The van der Waals surface area contributed by atoms with E-state index in [4.69, 9.17) is 21.8 Å². The molecule has 0 spiro atoms. The fourth-order valence-corrected chi connectivity index (χ4v) is 3.31. The van der Waals surface area contributed by atoms with Gasteiger partial charge in [-0.25, -0.2) is 0 Å². The Morgan fingerprint density at radius 3 is 2.54 bits per heavy atom. The molecule has 0 unspecified atom stereocenters. The molecular formula is C19H22ClN7O. The van der Waals surface area contributed by atoms with Crippen LogP contribution in [0, 0.1) is 0 Å². The fraction of sp³-hybridized carbons (Fsp3) is 0.316.